The van der Waals surface area contributed by atoms with Crippen LogP contribution in [0.3, 0.4) is 0 Å². The molecule has 22 heavy (non-hydrogen) atoms. The molecule has 2 rings (SSSR count). The summed E-state index contributed by atoms with van der Waals surface area (Å²) >= 11 is 0. The van der Waals surface area contributed by atoms with E-state index in [9.17, 15) is 4.79 Å². The average Bonchev–Trinajstić information content (AvgIpc) is 2.45. The van der Waals surface area contributed by atoms with Gasteiger partial charge in [-0.05, 0) is 49.1 Å². The molecule has 4 nitrogen and oxygen atoms in total. The van der Waals surface area contributed by atoms with E-state index in [1.54, 1.807) is 6.20 Å². The van der Waals surface area contributed by atoms with Crippen LogP contribution in [0, 0.1) is 19.8 Å². The van der Waals surface area contributed by atoms with E-state index in [2.05, 4.69) is 35.5 Å². The summed E-state index contributed by atoms with van der Waals surface area (Å²) in [6, 6.07) is 9.89. The SMILES string of the molecule is Cc1cccc(Nc2ccc(NC(=O)CC(C)C)nc2)c1C. The Labute approximate surface area is 132 Å². The molecule has 1 heterocycles. The first-order valence-electron chi connectivity index (χ1n) is 7.55. The molecule has 2 aromatic rings. The molecule has 0 fully saturated rings. The highest BCUT2D eigenvalue weighted by atomic mass is 16.1. The molecule has 0 aliphatic rings. The maximum absolute atomic E-state index is 11.7. The predicted octanol–water partition coefficient (Wildman–Crippen LogP) is 4.43. The molecule has 0 unspecified atom stereocenters. The zero-order valence-corrected chi connectivity index (χ0v) is 13.6. The highest BCUT2D eigenvalue weighted by molar-refractivity contribution is 5.89. The first-order chi connectivity index (χ1) is 10.5. The summed E-state index contributed by atoms with van der Waals surface area (Å²) in [5, 5.41) is 6.16. The Kier molecular flexibility index (Phi) is 5.15. The topological polar surface area (TPSA) is 54.0 Å². The fourth-order valence-corrected chi connectivity index (χ4v) is 2.15. The van der Waals surface area contributed by atoms with Crippen molar-refractivity contribution >= 4 is 23.1 Å². The minimum Gasteiger partial charge on any atom is -0.354 e. The van der Waals surface area contributed by atoms with E-state index in [4.69, 9.17) is 0 Å². The molecule has 2 N–H and O–H groups in total. The fraction of sp³-hybridized carbons (Fsp3) is 0.333. The van der Waals surface area contributed by atoms with E-state index in [-0.39, 0.29) is 5.91 Å². The van der Waals surface area contributed by atoms with E-state index in [1.165, 1.54) is 11.1 Å². The van der Waals surface area contributed by atoms with Gasteiger partial charge in [0, 0.05) is 12.1 Å². The van der Waals surface area contributed by atoms with Crippen LogP contribution in [0.1, 0.15) is 31.4 Å². The summed E-state index contributed by atoms with van der Waals surface area (Å²) in [7, 11) is 0. The summed E-state index contributed by atoms with van der Waals surface area (Å²) in [4.78, 5) is 16.0. The van der Waals surface area contributed by atoms with Crippen molar-refractivity contribution in [2.24, 2.45) is 5.92 Å². The lowest BCUT2D eigenvalue weighted by atomic mass is 10.1. The molecule has 1 amide bonds. The Bertz CT molecular complexity index is 648. The van der Waals surface area contributed by atoms with Crippen LogP contribution in [0.15, 0.2) is 36.5 Å². The van der Waals surface area contributed by atoms with Crippen LogP contribution in [-0.2, 0) is 4.79 Å². The van der Waals surface area contributed by atoms with Gasteiger partial charge in [0.15, 0.2) is 0 Å². The minimum atomic E-state index is -0.00209. The fourth-order valence-electron chi connectivity index (χ4n) is 2.15. The number of benzene rings is 1. The number of amides is 1. The van der Waals surface area contributed by atoms with Crippen molar-refractivity contribution in [1.82, 2.24) is 4.98 Å². The Balaban J connectivity index is 2.03. The quantitative estimate of drug-likeness (QED) is 0.858. The van der Waals surface area contributed by atoms with Crippen molar-refractivity contribution < 1.29 is 4.79 Å². The summed E-state index contributed by atoms with van der Waals surface area (Å²) in [5.74, 6) is 0.917. The second kappa shape index (κ2) is 7.07. The molecule has 0 spiro atoms. The van der Waals surface area contributed by atoms with E-state index in [0.717, 1.165) is 11.4 Å². The molecule has 1 aromatic carbocycles. The lowest BCUT2D eigenvalue weighted by Gasteiger charge is -2.12. The Hall–Kier alpha value is -2.36. The van der Waals surface area contributed by atoms with Crippen molar-refractivity contribution in [3.8, 4) is 0 Å². The number of aromatic nitrogens is 1. The molecule has 0 aliphatic carbocycles. The third kappa shape index (κ3) is 4.32. The first kappa shape index (κ1) is 16.0. The lowest BCUT2D eigenvalue weighted by Crippen LogP contribution is -2.14. The molecule has 0 saturated heterocycles. The zero-order valence-electron chi connectivity index (χ0n) is 13.6. The number of nitrogens with one attached hydrogen (secondary N) is 2. The first-order valence-corrected chi connectivity index (χ1v) is 7.55. The second-order valence-corrected chi connectivity index (χ2v) is 5.95. The summed E-state index contributed by atoms with van der Waals surface area (Å²) in [6.45, 7) is 8.21. The van der Waals surface area contributed by atoms with Crippen LogP contribution in [0.2, 0.25) is 0 Å². The van der Waals surface area contributed by atoms with Gasteiger partial charge in [0.1, 0.15) is 5.82 Å². The number of carbonyl (C=O) groups excluding carboxylic acids is 1. The molecule has 0 radical (unpaired) electrons. The number of anilines is 3. The molecule has 0 bridgehead atoms. The molecule has 4 heteroatoms. The van der Waals surface area contributed by atoms with Crippen LogP contribution < -0.4 is 10.6 Å². The maximum Gasteiger partial charge on any atom is 0.225 e. The molecule has 1 aromatic heterocycles. The van der Waals surface area contributed by atoms with E-state index < -0.39 is 0 Å². The Morgan fingerprint density at radius 3 is 2.59 bits per heavy atom. The van der Waals surface area contributed by atoms with E-state index >= 15 is 0 Å². The predicted molar refractivity (Wildman–Crippen MR) is 91.5 cm³/mol. The standard InChI is InChI=1S/C18H23N3O/c1-12(2)10-18(22)21-17-9-8-15(11-19-17)20-16-7-5-6-13(3)14(16)4/h5-9,11-12,20H,10H2,1-4H3,(H,19,21,22). The molecular formula is C18H23N3O. The highest BCUT2D eigenvalue weighted by Crippen LogP contribution is 2.22. The Morgan fingerprint density at radius 1 is 1.18 bits per heavy atom. The second-order valence-electron chi connectivity index (χ2n) is 5.95. The summed E-state index contributed by atoms with van der Waals surface area (Å²) in [5.41, 5.74) is 4.43. The van der Waals surface area contributed by atoms with E-state index in [0.29, 0.717) is 18.2 Å². The van der Waals surface area contributed by atoms with Gasteiger partial charge in [-0.2, -0.15) is 0 Å². The van der Waals surface area contributed by atoms with Crippen LogP contribution in [0.25, 0.3) is 0 Å². The van der Waals surface area contributed by atoms with Gasteiger partial charge < -0.3 is 10.6 Å². The van der Waals surface area contributed by atoms with Crippen LogP contribution in [0.5, 0.6) is 0 Å². The normalized spacial score (nSPS) is 10.6. The van der Waals surface area contributed by atoms with Crippen molar-refractivity contribution in [2.45, 2.75) is 34.1 Å². The van der Waals surface area contributed by atoms with Crippen molar-refractivity contribution in [3.63, 3.8) is 0 Å². The van der Waals surface area contributed by atoms with Gasteiger partial charge >= 0.3 is 0 Å². The number of carbonyl (C=O) groups is 1. The van der Waals surface area contributed by atoms with Gasteiger partial charge in [-0.3, -0.25) is 4.79 Å². The highest BCUT2D eigenvalue weighted by Gasteiger charge is 2.06. The minimum absolute atomic E-state index is 0.00209. The monoisotopic (exact) mass is 297 g/mol. The Morgan fingerprint density at radius 2 is 1.95 bits per heavy atom. The van der Waals surface area contributed by atoms with Gasteiger partial charge in [-0.1, -0.05) is 26.0 Å². The maximum atomic E-state index is 11.7. The van der Waals surface area contributed by atoms with Crippen molar-refractivity contribution in [2.75, 3.05) is 10.6 Å². The number of aryl methyl sites for hydroxylation is 1. The van der Waals surface area contributed by atoms with Gasteiger partial charge in [-0.15, -0.1) is 0 Å². The molecule has 0 aliphatic heterocycles. The van der Waals surface area contributed by atoms with Gasteiger partial charge in [0.25, 0.3) is 0 Å². The number of pyridine rings is 1. The summed E-state index contributed by atoms with van der Waals surface area (Å²) < 4.78 is 0. The van der Waals surface area contributed by atoms with Gasteiger partial charge in [0.05, 0.1) is 11.9 Å². The molecule has 0 atom stereocenters. The number of nitrogens with zero attached hydrogens (tertiary/aromatic N) is 1. The van der Waals surface area contributed by atoms with Crippen LogP contribution in [-0.4, -0.2) is 10.9 Å². The number of rotatable bonds is 5. The van der Waals surface area contributed by atoms with Crippen LogP contribution >= 0.6 is 0 Å². The molecular weight excluding hydrogens is 274 g/mol. The van der Waals surface area contributed by atoms with E-state index in [1.807, 2.05) is 38.1 Å². The smallest absolute Gasteiger partial charge is 0.225 e. The van der Waals surface area contributed by atoms with Crippen molar-refractivity contribution in [1.29, 1.82) is 0 Å². The number of hydrogen-bond acceptors (Lipinski definition) is 3. The van der Waals surface area contributed by atoms with Crippen LogP contribution in [0.4, 0.5) is 17.2 Å². The lowest BCUT2D eigenvalue weighted by molar-refractivity contribution is -0.116. The van der Waals surface area contributed by atoms with Crippen molar-refractivity contribution in [3.05, 3.63) is 47.7 Å². The summed E-state index contributed by atoms with van der Waals surface area (Å²) in [6.07, 6.45) is 2.23. The third-order valence-electron chi connectivity index (χ3n) is 3.51. The average molecular weight is 297 g/mol. The zero-order chi connectivity index (χ0) is 16.1. The van der Waals surface area contributed by atoms with Gasteiger partial charge in [0.2, 0.25) is 5.91 Å². The number of hydrogen-bond donors (Lipinski definition) is 2. The van der Waals surface area contributed by atoms with Gasteiger partial charge in [-0.25, -0.2) is 4.98 Å². The largest absolute Gasteiger partial charge is 0.354 e. The molecule has 0 saturated carbocycles. The third-order valence-corrected chi connectivity index (χ3v) is 3.51. The molecule has 116 valence electrons.